The lowest BCUT2D eigenvalue weighted by atomic mass is 9.84. The van der Waals surface area contributed by atoms with Crippen LogP contribution in [-0.2, 0) is 18.4 Å². The van der Waals surface area contributed by atoms with Gasteiger partial charge in [-0.05, 0) is 60.8 Å². The summed E-state index contributed by atoms with van der Waals surface area (Å²) in [7, 11) is -6.76. The Labute approximate surface area is 229 Å². The lowest BCUT2D eigenvalue weighted by Crippen LogP contribution is -2.51. The smallest absolute Gasteiger partial charge is 0.252 e. The summed E-state index contributed by atoms with van der Waals surface area (Å²) in [5.74, 6) is -0.197. The molecule has 1 fully saturated rings. The average Bonchev–Trinajstić information content (AvgIpc) is 3.00. The monoisotopic (exact) mass is 572 g/mol. The van der Waals surface area contributed by atoms with Crippen molar-refractivity contribution >= 4 is 30.9 Å². The number of amides is 1. The topological polar surface area (TPSA) is 89.0 Å². The van der Waals surface area contributed by atoms with Crippen molar-refractivity contribution in [3.63, 3.8) is 0 Å². The Bertz CT molecular complexity index is 854. The summed E-state index contributed by atoms with van der Waals surface area (Å²) < 4.78 is 20.6. The Balaban J connectivity index is 2.57. The molecule has 2 heterocycles. The molecule has 0 aliphatic carbocycles. The summed E-state index contributed by atoms with van der Waals surface area (Å²) in [6.45, 7) is 31.6. The number of hydrogen-bond donors (Lipinski definition) is 3. The van der Waals surface area contributed by atoms with Gasteiger partial charge in [0.05, 0.1) is 31.1 Å². The first-order valence-corrected chi connectivity index (χ1v) is 22.6. The summed E-state index contributed by atoms with van der Waals surface area (Å²) >= 11 is 0. The molecular weight excluding hydrogens is 517 g/mol. The molecule has 0 aromatic carbocycles. The van der Waals surface area contributed by atoms with Gasteiger partial charge in [-0.1, -0.05) is 55.4 Å². The van der Waals surface area contributed by atoms with Crippen molar-refractivity contribution in [2.45, 2.75) is 135 Å². The van der Waals surface area contributed by atoms with Gasteiger partial charge >= 0.3 is 0 Å². The van der Waals surface area contributed by atoms with Gasteiger partial charge in [0.2, 0.25) is 0 Å². The van der Waals surface area contributed by atoms with Crippen LogP contribution in [-0.4, -0.2) is 67.2 Å². The molecule has 10 heteroatoms. The molecule has 1 saturated heterocycles. The maximum atomic E-state index is 13.0. The van der Waals surface area contributed by atoms with Crippen molar-refractivity contribution in [2.75, 3.05) is 13.3 Å². The second-order valence-corrected chi connectivity index (χ2v) is 29.3. The number of carbonyl (C=O) groups excluding carboxylic acids is 1. The van der Waals surface area contributed by atoms with Gasteiger partial charge in [-0.15, -0.1) is 0 Å². The fourth-order valence-electron chi connectivity index (χ4n) is 4.17. The quantitative estimate of drug-likeness (QED) is 0.307. The second-order valence-electron chi connectivity index (χ2n) is 15.3. The largest absolute Gasteiger partial charge is 0.432 e. The molecule has 3 N–H and O–H groups in total. The zero-order valence-corrected chi connectivity index (χ0v) is 29.1. The Morgan fingerprint density at radius 1 is 0.973 bits per heavy atom. The van der Waals surface area contributed by atoms with Crippen molar-refractivity contribution in [1.29, 1.82) is 0 Å². The Hall–Kier alpha value is -0.499. The highest BCUT2D eigenvalue weighted by Gasteiger charge is 2.55. The van der Waals surface area contributed by atoms with Crippen LogP contribution in [0.3, 0.4) is 0 Å². The van der Waals surface area contributed by atoms with Crippen molar-refractivity contribution < 1.29 is 23.2 Å². The molecule has 0 spiro atoms. The first-order chi connectivity index (χ1) is 16.4. The van der Waals surface area contributed by atoms with Gasteiger partial charge in [0.25, 0.3) is 5.91 Å². The van der Waals surface area contributed by atoms with Crippen molar-refractivity contribution in [3.05, 3.63) is 11.8 Å². The molecule has 2 aliphatic rings. The Kier molecular flexibility index (Phi) is 9.56. The highest BCUT2D eigenvalue weighted by molar-refractivity contribution is 6.74. The molecule has 0 aromatic rings. The summed E-state index contributed by atoms with van der Waals surface area (Å²) in [6, 6.07) is 0. The van der Waals surface area contributed by atoms with Gasteiger partial charge in [0.15, 0.2) is 25.0 Å². The first kappa shape index (κ1) is 32.7. The maximum absolute atomic E-state index is 13.0. The SMILES string of the molecule is CC(C)(C[C@H]1C(O[Si](C)(C)C(C)(C)C)[C@@H](CO[Si](C)(C)C(C)(C)C)O[C@H]1C1=CNCNC1=O)[Si](C)(C)O. The van der Waals surface area contributed by atoms with Crippen LogP contribution in [0.1, 0.15) is 61.8 Å². The van der Waals surface area contributed by atoms with E-state index in [1.54, 1.807) is 6.20 Å². The average molecular weight is 573 g/mol. The fraction of sp³-hybridized carbons (Fsp3) is 0.889. The number of carbonyl (C=O) groups is 1. The normalized spacial score (nSPS) is 26.6. The molecule has 0 radical (unpaired) electrons. The maximum Gasteiger partial charge on any atom is 0.252 e. The zero-order valence-electron chi connectivity index (χ0n) is 26.1. The highest BCUT2D eigenvalue weighted by Crippen LogP contribution is 2.50. The number of hydrogen-bond acceptors (Lipinski definition) is 6. The zero-order chi connectivity index (χ0) is 28.8. The molecular formula is C27H56N2O5Si3. The minimum absolute atomic E-state index is 0.0179. The summed E-state index contributed by atoms with van der Waals surface area (Å²) in [6.07, 6.45) is 1.53. The van der Waals surface area contributed by atoms with E-state index in [-0.39, 0.29) is 39.1 Å². The number of ether oxygens (including phenoxy) is 1. The van der Waals surface area contributed by atoms with Crippen LogP contribution in [0.4, 0.5) is 0 Å². The summed E-state index contributed by atoms with van der Waals surface area (Å²) in [5, 5.41) is 5.86. The molecule has 2 aliphatic heterocycles. The summed E-state index contributed by atoms with van der Waals surface area (Å²) in [4.78, 5) is 24.2. The number of rotatable bonds is 9. The van der Waals surface area contributed by atoms with Crippen molar-refractivity contribution in [1.82, 2.24) is 10.6 Å². The molecule has 0 aromatic heterocycles. The van der Waals surface area contributed by atoms with Gasteiger partial charge in [-0.25, -0.2) is 0 Å². The van der Waals surface area contributed by atoms with Crippen LogP contribution < -0.4 is 10.6 Å². The molecule has 0 saturated carbocycles. The molecule has 7 nitrogen and oxygen atoms in total. The van der Waals surface area contributed by atoms with E-state index in [1.807, 2.05) is 13.1 Å². The van der Waals surface area contributed by atoms with E-state index in [2.05, 4.69) is 92.2 Å². The second kappa shape index (κ2) is 10.8. The molecule has 1 amide bonds. The Morgan fingerprint density at radius 2 is 1.51 bits per heavy atom. The van der Waals surface area contributed by atoms with Crippen molar-refractivity contribution in [3.8, 4) is 0 Å². The third kappa shape index (κ3) is 7.37. The van der Waals surface area contributed by atoms with Crippen LogP contribution in [0, 0.1) is 5.92 Å². The van der Waals surface area contributed by atoms with Gasteiger partial charge in [0, 0.05) is 12.1 Å². The third-order valence-electron chi connectivity index (χ3n) is 9.73. The van der Waals surface area contributed by atoms with Gasteiger partial charge in [-0.3, -0.25) is 4.79 Å². The molecule has 0 bridgehead atoms. The first-order valence-electron chi connectivity index (χ1n) is 13.8. The van der Waals surface area contributed by atoms with Crippen molar-refractivity contribution in [2.24, 2.45) is 5.92 Å². The van der Waals surface area contributed by atoms with E-state index in [0.717, 1.165) is 0 Å². The predicted octanol–water partition coefficient (Wildman–Crippen LogP) is 5.71. The number of nitrogens with one attached hydrogen (secondary N) is 2. The van der Waals surface area contributed by atoms with Crippen LogP contribution in [0.25, 0.3) is 0 Å². The lowest BCUT2D eigenvalue weighted by molar-refractivity contribution is -0.119. The van der Waals surface area contributed by atoms with Gasteiger partial charge in [-0.2, -0.15) is 0 Å². The van der Waals surface area contributed by atoms with Crippen LogP contribution in [0.2, 0.25) is 54.4 Å². The predicted molar refractivity (Wildman–Crippen MR) is 160 cm³/mol. The minimum atomic E-state index is -2.53. The van der Waals surface area contributed by atoms with E-state index in [1.165, 1.54) is 0 Å². The van der Waals surface area contributed by atoms with E-state index in [4.69, 9.17) is 13.6 Å². The van der Waals surface area contributed by atoms with Gasteiger partial charge < -0.3 is 29.0 Å². The molecule has 1 unspecified atom stereocenters. The molecule has 4 atom stereocenters. The van der Waals surface area contributed by atoms with E-state index >= 15 is 0 Å². The van der Waals surface area contributed by atoms with Crippen LogP contribution in [0.5, 0.6) is 0 Å². The van der Waals surface area contributed by atoms with Crippen LogP contribution in [0.15, 0.2) is 11.8 Å². The third-order valence-corrected chi connectivity index (χ3v) is 22.2. The van der Waals surface area contributed by atoms with Gasteiger partial charge in [0.1, 0.15) is 6.10 Å². The Morgan fingerprint density at radius 3 is 1.97 bits per heavy atom. The fourth-order valence-corrected chi connectivity index (χ4v) is 7.28. The van der Waals surface area contributed by atoms with Crippen LogP contribution >= 0.6 is 0 Å². The van der Waals surface area contributed by atoms with E-state index < -0.39 is 31.1 Å². The summed E-state index contributed by atoms with van der Waals surface area (Å²) in [5.41, 5.74) is 0.600. The van der Waals surface area contributed by atoms with E-state index in [9.17, 15) is 9.59 Å². The highest BCUT2D eigenvalue weighted by atomic mass is 28.4. The molecule has 2 rings (SSSR count). The standard InChI is InChI=1S/C27H56N2O5Si3/c1-25(2,3)36(11,12)32-17-21-23(34-37(13,14)26(4,5)6)19(15-27(7,8)35(9,10)31)22(33-21)20-16-28-18-29-24(20)30/h16,19,21-23,28,31H,15,17-18H2,1-14H3,(H,29,30)/t19-,21-,22-,23?/m1/s1. The molecule has 216 valence electrons. The lowest BCUT2D eigenvalue weighted by Gasteiger charge is -2.44. The minimum Gasteiger partial charge on any atom is -0.432 e. The van der Waals surface area contributed by atoms with E-state index in [0.29, 0.717) is 25.3 Å². The molecule has 37 heavy (non-hydrogen) atoms.